The monoisotopic (exact) mass is 462 g/mol. The van der Waals surface area contributed by atoms with Crippen LogP contribution in [0.25, 0.3) is 11.3 Å². The largest absolute Gasteiger partial charge is 0.507 e. The molecule has 1 heterocycles. The number of hydrogen-bond acceptors (Lipinski definition) is 5. The van der Waals surface area contributed by atoms with Crippen LogP contribution in [-0.2, 0) is 0 Å². The van der Waals surface area contributed by atoms with E-state index in [9.17, 15) is 14.7 Å². The SMILES string of the molecule is CCOc1ccc(C(=O)Nc2ccc(-c3cc(C4CCC4)n(C(=O)NC(C)C)n3)c(O)c2)cc1. The van der Waals surface area contributed by atoms with Crippen LogP contribution in [0.2, 0.25) is 0 Å². The van der Waals surface area contributed by atoms with Crippen molar-refractivity contribution >= 4 is 17.6 Å². The number of phenolic OH excluding ortho intramolecular Hbond substituents is 1. The summed E-state index contributed by atoms with van der Waals surface area (Å²) in [5.41, 5.74) is 2.80. The summed E-state index contributed by atoms with van der Waals surface area (Å²) in [5, 5.41) is 20.9. The van der Waals surface area contributed by atoms with Crippen LogP contribution in [0.15, 0.2) is 48.5 Å². The number of carbonyl (C=O) groups is 2. The highest BCUT2D eigenvalue weighted by molar-refractivity contribution is 6.04. The molecule has 1 aliphatic carbocycles. The van der Waals surface area contributed by atoms with E-state index < -0.39 is 0 Å². The van der Waals surface area contributed by atoms with Gasteiger partial charge in [-0.25, -0.2) is 4.79 Å². The fourth-order valence-corrected chi connectivity index (χ4v) is 3.89. The van der Waals surface area contributed by atoms with Crippen molar-refractivity contribution in [1.29, 1.82) is 0 Å². The third-order valence-corrected chi connectivity index (χ3v) is 5.82. The zero-order valence-corrected chi connectivity index (χ0v) is 19.7. The number of rotatable bonds is 7. The van der Waals surface area contributed by atoms with Gasteiger partial charge in [-0.2, -0.15) is 9.78 Å². The summed E-state index contributed by atoms with van der Waals surface area (Å²) in [4.78, 5) is 25.3. The zero-order valence-electron chi connectivity index (χ0n) is 19.7. The molecular weight excluding hydrogens is 432 g/mol. The van der Waals surface area contributed by atoms with Crippen LogP contribution in [0.1, 0.15) is 62.0 Å². The molecule has 178 valence electrons. The lowest BCUT2D eigenvalue weighted by atomic mass is 9.82. The van der Waals surface area contributed by atoms with Crippen molar-refractivity contribution in [3.05, 3.63) is 59.8 Å². The van der Waals surface area contributed by atoms with Gasteiger partial charge in [0.1, 0.15) is 11.5 Å². The number of benzene rings is 2. The van der Waals surface area contributed by atoms with Gasteiger partial charge < -0.3 is 20.5 Å². The molecule has 4 rings (SSSR count). The van der Waals surface area contributed by atoms with E-state index >= 15 is 0 Å². The van der Waals surface area contributed by atoms with Gasteiger partial charge in [-0.1, -0.05) is 6.42 Å². The van der Waals surface area contributed by atoms with E-state index in [4.69, 9.17) is 4.74 Å². The Balaban J connectivity index is 1.54. The Bertz CT molecular complexity index is 1180. The van der Waals surface area contributed by atoms with E-state index in [-0.39, 0.29) is 29.6 Å². The molecule has 0 saturated heterocycles. The highest BCUT2D eigenvalue weighted by Gasteiger charge is 2.27. The Labute approximate surface area is 198 Å². The van der Waals surface area contributed by atoms with Crippen LogP contribution < -0.4 is 15.4 Å². The van der Waals surface area contributed by atoms with Gasteiger partial charge >= 0.3 is 6.03 Å². The van der Waals surface area contributed by atoms with Gasteiger partial charge in [0.2, 0.25) is 0 Å². The molecular formula is C26H30N4O4. The molecule has 8 heteroatoms. The zero-order chi connectivity index (χ0) is 24.2. The molecule has 1 saturated carbocycles. The van der Waals surface area contributed by atoms with E-state index in [2.05, 4.69) is 15.7 Å². The normalized spacial score (nSPS) is 13.4. The van der Waals surface area contributed by atoms with Gasteiger partial charge in [-0.3, -0.25) is 4.79 Å². The molecule has 34 heavy (non-hydrogen) atoms. The maximum absolute atomic E-state index is 12.7. The quantitative estimate of drug-likeness (QED) is 0.451. The number of ether oxygens (including phenoxy) is 1. The maximum atomic E-state index is 12.7. The Morgan fingerprint density at radius 3 is 2.47 bits per heavy atom. The van der Waals surface area contributed by atoms with Crippen LogP contribution >= 0.6 is 0 Å². The second-order valence-corrected chi connectivity index (χ2v) is 8.74. The van der Waals surface area contributed by atoms with E-state index in [1.165, 1.54) is 10.7 Å². The Morgan fingerprint density at radius 1 is 1.15 bits per heavy atom. The lowest BCUT2D eigenvalue weighted by Gasteiger charge is -2.25. The number of nitrogens with one attached hydrogen (secondary N) is 2. The molecule has 1 fully saturated rings. The first-order valence-electron chi connectivity index (χ1n) is 11.6. The third-order valence-electron chi connectivity index (χ3n) is 5.82. The predicted octanol–water partition coefficient (Wildman–Crippen LogP) is 5.14. The van der Waals surface area contributed by atoms with Gasteiger partial charge in [-0.15, -0.1) is 0 Å². The summed E-state index contributed by atoms with van der Waals surface area (Å²) in [6, 6.07) is 13.3. The number of aromatic nitrogens is 2. The molecule has 8 nitrogen and oxygen atoms in total. The fraction of sp³-hybridized carbons (Fsp3) is 0.346. The number of hydrogen-bond donors (Lipinski definition) is 3. The molecule has 0 bridgehead atoms. The second kappa shape index (κ2) is 9.99. The number of phenols is 1. The van der Waals surface area contributed by atoms with Crippen LogP contribution in [0.4, 0.5) is 10.5 Å². The van der Waals surface area contributed by atoms with Crippen molar-refractivity contribution < 1.29 is 19.4 Å². The number of carbonyl (C=O) groups excluding carboxylic acids is 2. The third kappa shape index (κ3) is 5.06. The standard InChI is InChI=1S/C26H30N4O4/c1-4-34-20-11-8-18(9-12-20)25(32)28-19-10-13-21(24(31)14-19)22-15-23(17-6-5-7-17)30(29-22)26(33)27-16(2)3/h8-17,31H,4-7H2,1-3H3,(H,27,33)(H,28,32). The highest BCUT2D eigenvalue weighted by atomic mass is 16.5. The summed E-state index contributed by atoms with van der Waals surface area (Å²) >= 11 is 0. The first kappa shape index (κ1) is 23.4. The Hall–Kier alpha value is -3.81. The molecule has 1 aliphatic rings. The van der Waals surface area contributed by atoms with E-state index in [0.717, 1.165) is 25.0 Å². The smallest absolute Gasteiger partial charge is 0.342 e. The summed E-state index contributed by atoms with van der Waals surface area (Å²) in [7, 11) is 0. The van der Waals surface area contributed by atoms with Gasteiger partial charge in [0, 0.05) is 34.8 Å². The van der Waals surface area contributed by atoms with E-state index in [1.54, 1.807) is 36.4 Å². The van der Waals surface area contributed by atoms with Crippen LogP contribution in [0.5, 0.6) is 11.5 Å². The summed E-state index contributed by atoms with van der Waals surface area (Å²) in [6.45, 7) is 6.25. The van der Waals surface area contributed by atoms with Gasteiger partial charge in [0.05, 0.1) is 18.0 Å². The van der Waals surface area contributed by atoms with Crippen LogP contribution in [-0.4, -0.2) is 39.5 Å². The molecule has 2 aromatic carbocycles. The highest BCUT2D eigenvalue weighted by Crippen LogP contribution is 2.39. The number of anilines is 1. The molecule has 2 amide bonds. The molecule has 0 atom stereocenters. The predicted molar refractivity (Wildman–Crippen MR) is 131 cm³/mol. The number of amides is 2. The first-order valence-corrected chi connectivity index (χ1v) is 11.6. The van der Waals surface area contributed by atoms with Crippen molar-refractivity contribution in [2.24, 2.45) is 0 Å². The lowest BCUT2D eigenvalue weighted by Crippen LogP contribution is -2.36. The number of nitrogens with zero attached hydrogens (tertiary/aromatic N) is 2. The molecule has 0 spiro atoms. The Morgan fingerprint density at radius 2 is 1.88 bits per heavy atom. The topological polar surface area (TPSA) is 105 Å². The summed E-state index contributed by atoms with van der Waals surface area (Å²) in [6.07, 6.45) is 3.16. The average molecular weight is 463 g/mol. The minimum atomic E-state index is -0.294. The van der Waals surface area contributed by atoms with Gasteiger partial charge in [0.15, 0.2) is 0 Å². The van der Waals surface area contributed by atoms with Crippen LogP contribution in [0, 0.1) is 0 Å². The lowest BCUT2D eigenvalue weighted by molar-refractivity contribution is 0.102. The number of aromatic hydroxyl groups is 1. The first-order chi connectivity index (χ1) is 16.4. The molecule has 1 aromatic heterocycles. The second-order valence-electron chi connectivity index (χ2n) is 8.74. The van der Waals surface area contributed by atoms with Crippen molar-refractivity contribution in [3.63, 3.8) is 0 Å². The fourth-order valence-electron chi connectivity index (χ4n) is 3.89. The van der Waals surface area contributed by atoms with Crippen molar-refractivity contribution in [2.75, 3.05) is 11.9 Å². The molecule has 3 aromatic rings. The van der Waals surface area contributed by atoms with Crippen molar-refractivity contribution in [3.8, 4) is 22.8 Å². The van der Waals surface area contributed by atoms with Gasteiger partial charge in [0.25, 0.3) is 5.91 Å². The summed E-state index contributed by atoms with van der Waals surface area (Å²) in [5.74, 6) is 0.661. The van der Waals surface area contributed by atoms with E-state index in [1.807, 2.05) is 26.8 Å². The molecule has 0 unspecified atom stereocenters. The minimum Gasteiger partial charge on any atom is -0.507 e. The van der Waals surface area contributed by atoms with E-state index in [0.29, 0.717) is 34.9 Å². The minimum absolute atomic E-state index is 0.0129. The average Bonchev–Trinajstić information content (AvgIpc) is 3.17. The molecule has 0 radical (unpaired) electrons. The van der Waals surface area contributed by atoms with Crippen molar-refractivity contribution in [1.82, 2.24) is 15.1 Å². The Kier molecular flexibility index (Phi) is 6.86. The molecule has 0 aliphatic heterocycles. The van der Waals surface area contributed by atoms with Gasteiger partial charge in [-0.05, 0) is 76.1 Å². The molecule has 3 N–H and O–H groups in total. The van der Waals surface area contributed by atoms with Crippen molar-refractivity contribution in [2.45, 2.75) is 52.0 Å². The maximum Gasteiger partial charge on any atom is 0.342 e. The van der Waals surface area contributed by atoms with Crippen LogP contribution in [0.3, 0.4) is 0 Å². The summed E-state index contributed by atoms with van der Waals surface area (Å²) < 4.78 is 6.82.